The van der Waals surface area contributed by atoms with E-state index in [0.717, 1.165) is 0 Å². The lowest BCUT2D eigenvalue weighted by molar-refractivity contribution is 0.205. The second kappa shape index (κ2) is 5.02. The lowest BCUT2D eigenvalue weighted by Crippen LogP contribution is -2.48. The van der Waals surface area contributed by atoms with Crippen LogP contribution in [-0.4, -0.2) is 6.04 Å². The van der Waals surface area contributed by atoms with Crippen molar-refractivity contribution in [1.82, 2.24) is 0 Å². The molecular formula is C12H17ClIN. The lowest BCUT2D eigenvalue weighted by Gasteiger charge is -2.45. The molecule has 1 aliphatic carbocycles. The van der Waals surface area contributed by atoms with Crippen LogP contribution in [0.4, 0.5) is 0 Å². The SMILES string of the molecule is CC(N)C1(c2ccc(I)cc2)CCC1.Cl. The van der Waals surface area contributed by atoms with Crippen LogP contribution < -0.4 is 5.73 Å². The smallest absolute Gasteiger partial charge is 0.0130 e. The van der Waals surface area contributed by atoms with Gasteiger partial charge in [0.05, 0.1) is 0 Å². The van der Waals surface area contributed by atoms with E-state index in [1.165, 1.54) is 28.4 Å². The molecule has 3 heteroatoms. The summed E-state index contributed by atoms with van der Waals surface area (Å²) in [5, 5.41) is 0. The van der Waals surface area contributed by atoms with Gasteiger partial charge in [0.2, 0.25) is 0 Å². The molecule has 0 amide bonds. The van der Waals surface area contributed by atoms with E-state index in [0.29, 0.717) is 0 Å². The van der Waals surface area contributed by atoms with Crippen molar-refractivity contribution in [3.63, 3.8) is 0 Å². The third-order valence-corrected chi connectivity index (χ3v) is 4.26. The van der Waals surface area contributed by atoms with Gasteiger partial charge in [0, 0.05) is 15.0 Å². The van der Waals surface area contributed by atoms with Gasteiger partial charge in [-0.05, 0) is 60.1 Å². The monoisotopic (exact) mass is 337 g/mol. The Morgan fingerprint density at radius 1 is 1.27 bits per heavy atom. The first-order valence-electron chi connectivity index (χ1n) is 5.17. The number of nitrogens with two attached hydrogens (primary N) is 1. The van der Waals surface area contributed by atoms with Gasteiger partial charge in [0.1, 0.15) is 0 Å². The molecule has 0 radical (unpaired) electrons. The number of hydrogen-bond acceptors (Lipinski definition) is 1. The Bertz CT molecular complexity index is 317. The minimum Gasteiger partial charge on any atom is -0.327 e. The highest BCUT2D eigenvalue weighted by atomic mass is 127. The third-order valence-electron chi connectivity index (χ3n) is 3.54. The number of halogens is 2. The molecule has 1 atom stereocenters. The van der Waals surface area contributed by atoms with E-state index in [4.69, 9.17) is 5.73 Å². The number of benzene rings is 1. The number of hydrogen-bond donors (Lipinski definition) is 1. The molecule has 1 aliphatic rings. The van der Waals surface area contributed by atoms with Crippen LogP contribution in [0.2, 0.25) is 0 Å². The van der Waals surface area contributed by atoms with Crippen LogP contribution in [0, 0.1) is 3.57 Å². The fourth-order valence-corrected chi connectivity index (χ4v) is 2.71. The van der Waals surface area contributed by atoms with Gasteiger partial charge in [-0.15, -0.1) is 12.4 Å². The molecule has 1 fully saturated rings. The van der Waals surface area contributed by atoms with Crippen molar-refractivity contribution in [3.8, 4) is 0 Å². The van der Waals surface area contributed by atoms with Gasteiger partial charge >= 0.3 is 0 Å². The summed E-state index contributed by atoms with van der Waals surface area (Å²) in [5.74, 6) is 0. The average molecular weight is 338 g/mol. The molecule has 0 spiro atoms. The highest BCUT2D eigenvalue weighted by molar-refractivity contribution is 14.1. The maximum Gasteiger partial charge on any atom is 0.0130 e. The van der Waals surface area contributed by atoms with E-state index < -0.39 is 0 Å². The van der Waals surface area contributed by atoms with Crippen molar-refractivity contribution in [2.45, 2.75) is 37.6 Å². The van der Waals surface area contributed by atoms with Crippen molar-refractivity contribution in [3.05, 3.63) is 33.4 Å². The molecule has 0 heterocycles. The zero-order valence-corrected chi connectivity index (χ0v) is 11.8. The van der Waals surface area contributed by atoms with Crippen molar-refractivity contribution >= 4 is 35.0 Å². The molecule has 84 valence electrons. The zero-order chi connectivity index (χ0) is 10.2. The molecule has 2 N–H and O–H groups in total. The van der Waals surface area contributed by atoms with E-state index >= 15 is 0 Å². The van der Waals surface area contributed by atoms with Gasteiger partial charge in [0.15, 0.2) is 0 Å². The van der Waals surface area contributed by atoms with Gasteiger partial charge in [-0.3, -0.25) is 0 Å². The van der Waals surface area contributed by atoms with Gasteiger partial charge < -0.3 is 5.73 Å². The van der Waals surface area contributed by atoms with Crippen LogP contribution in [0.5, 0.6) is 0 Å². The Morgan fingerprint density at radius 2 is 1.80 bits per heavy atom. The van der Waals surface area contributed by atoms with Crippen molar-refractivity contribution in [1.29, 1.82) is 0 Å². The summed E-state index contributed by atoms with van der Waals surface area (Å²) in [4.78, 5) is 0. The Labute approximate surface area is 111 Å². The first kappa shape index (κ1) is 13.3. The van der Waals surface area contributed by atoms with Crippen molar-refractivity contribution in [2.24, 2.45) is 5.73 Å². The molecule has 0 aliphatic heterocycles. The topological polar surface area (TPSA) is 26.0 Å². The molecule has 1 aromatic rings. The average Bonchev–Trinajstić information content (AvgIpc) is 2.05. The first-order valence-corrected chi connectivity index (χ1v) is 6.25. The quantitative estimate of drug-likeness (QED) is 0.822. The second-order valence-corrected chi connectivity index (χ2v) is 5.55. The van der Waals surface area contributed by atoms with Crippen molar-refractivity contribution < 1.29 is 0 Å². The third kappa shape index (κ3) is 2.32. The maximum absolute atomic E-state index is 6.10. The van der Waals surface area contributed by atoms with E-state index in [9.17, 15) is 0 Å². The molecule has 0 saturated heterocycles. The van der Waals surface area contributed by atoms with Gasteiger partial charge in [0.25, 0.3) is 0 Å². The van der Waals surface area contributed by atoms with Gasteiger partial charge in [-0.25, -0.2) is 0 Å². The second-order valence-electron chi connectivity index (χ2n) is 4.31. The first-order chi connectivity index (χ1) is 6.65. The summed E-state index contributed by atoms with van der Waals surface area (Å²) in [6, 6.07) is 9.11. The highest BCUT2D eigenvalue weighted by Crippen LogP contribution is 2.45. The summed E-state index contributed by atoms with van der Waals surface area (Å²) >= 11 is 2.34. The lowest BCUT2D eigenvalue weighted by atomic mass is 9.61. The Balaban J connectivity index is 0.00000112. The van der Waals surface area contributed by atoms with Crippen LogP contribution in [0.3, 0.4) is 0 Å². The minimum atomic E-state index is 0. The summed E-state index contributed by atoms with van der Waals surface area (Å²) in [6.45, 7) is 2.14. The van der Waals surface area contributed by atoms with E-state index in [-0.39, 0.29) is 23.9 Å². The van der Waals surface area contributed by atoms with E-state index in [1.54, 1.807) is 0 Å². The van der Waals surface area contributed by atoms with E-state index in [2.05, 4.69) is 53.8 Å². The largest absolute Gasteiger partial charge is 0.327 e. The van der Waals surface area contributed by atoms with Gasteiger partial charge in [-0.2, -0.15) is 0 Å². The highest BCUT2D eigenvalue weighted by Gasteiger charge is 2.41. The molecule has 1 unspecified atom stereocenters. The Kier molecular flexibility index (Phi) is 4.44. The normalized spacial score (nSPS) is 19.9. The Morgan fingerprint density at radius 3 is 2.13 bits per heavy atom. The summed E-state index contributed by atoms with van der Waals surface area (Å²) in [6.07, 6.45) is 3.84. The molecule has 15 heavy (non-hydrogen) atoms. The Hall–Kier alpha value is 0.200. The predicted octanol–water partition coefficient (Wildman–Crippen LogP) is 3.48. The molecular weight excluding hydrogens is 320 g/mol. The number of rotatable bonds is 2. The van der Waals surface area contributed by atoms with Gasteiger partial charge in [-0.1, -0.05) is 18.6 Å². The molecule has 0 aromatic heterocycles. The summed E-state index contributed by atoms with van der Waals surface area (Å²) in [5.41, 5.74) is 7.81. The van der Waals surface area contributed by atoms with Crippen LogP contribution in [0.1, 0.15) is 31.7 Å². The van der Waals surface area contributed by atoms with Crippen LogP contribution in [0.15, 0.2) is 24.3 Å². The molecule has 1 aromatic carbocycles. The standard InChI is InChI=1S/C12H16IN.ClH/c1-9(14)12(7-2-8-12)10-3-5-11(13)6-4-10;/h3-6,9H,2,7-8,14H2,1H3;1H. The molecule has 1 nitrogen and oxygen atoms in total. The molecule has 2 rings (SSSR count). The van der Waals surface area contributed by atoms with Crippen LogP contribution in [0.25, 0.3) is 0 Å². The van der Waals surface area contributed by atoms with Crippen LogP contribution in [-0.2, 0) is 5.41 Å². The zero-order valence-electron chi connectivity index (χ0n) is 8.87. The predicted molar refractivity (Wildman–Crippen MR) is 75.6 cm³/mol. The molecule has 1 saturated carbocycles. The van der Waals surface area contributed by atoms with Crippen LogP contribution >= 0.6 is 35.0 Å². The van der Waals surface area contributed by atoms with Crippen molar-refractivity contribution in [2.75, 3.05) is 0 Å². The fourth-order valence-electron chi connectivity index (χ4n) is 2.35. The molecule has 0 bridgehead atoms. The summed E-state index contributed by atoms with van der Waals surface area (Å²) < 4.78 is 1.30. The maximum atomic E-state index is 6.10. The summed E-state index contributed by atoms with van der Waals surface area (Å²) in [7, 11) is 0. The van der Waals surface area contributed by atoms with E-state index in [1.807, 2.05) is 0 Å². The minimum absolute atomic E-state index is 0. The fraction of sp³-hybridized carbons (Fsp3) is 0.500.